The summed E-state index contributed by atoms with van der Waals surface area (Å²) in [5.74, 6) is 0.691. The van der Waals surface area contributed by atoms with Gasteiger partial charge in [0.2, 0.25) is 0 Å². The minimum atomic E-state index is 0.339. The molecule has 0 saturated carbocycles. The van der Waals surface area contributed by atoms with Crippen LogP contribution in [0.2, 0.25) is 0 Å². The summed E-state index contributed by atoms with van der Waals surface area (Å²) >= 11 is 0. The second-order valence-corrected chi connectivity index (χ2v) is 4.32. The van der Waals surface area contributed by atoms with Gasteiger partial charge in [0.1, 0.15) is 12.1 Å². The van der Waals surface area contributed by atoms with Gasteiger partial charge in [0.05, 0.1) is 5.69 Å². The van der Waals surface area contributed by atoms with E-state index in [-0.39, 0.29) is 0 Å². The monoisotopic (exact) mass is 247 g/mol. The topological polar surface area (TPSA) is 64.9 Å². The lowest BCUT2D eigenvalue weighted by Crippen LogP contribution is -2.22. The molecule has 96 valence electrons. The Morgan fingerprint density at radius 3 is 2.89 bits per heavy atom. The van der Waals surface area contributed by atoms with Gasteiger partial charge in [0, 0.05) is 31.9 Å². The number of rotatable bonds is 5. The summed E-state index contributed by atoms with van der Waals surface area (Å²) in [6.07, 6.45) is 3.31. The molecule has 2 aromatic heterocycles. The highest BCUT2D eigenvalue weighted by molar-refractivity contribution is 5.25. The molecule has 0 bridgehead atoms. The first-order chi connectivity index (χ1) is 8.63. The van der Waals surface area contributed by atoms with E-state index >= 15 is 0 Å². The van der Waals surface area contributed by atoms with Gasteiger partial charge < -0.3 is 10.1 Å². The molecule has 0 fully saturated rings. The average molecular weight is 247 g/mol. The molecule has 0 aliphatic rings. The van der Waals surface area contributed by atoms with Gasteiger partial charge in [-0.2, -0.15) is 4.98 Å². The third-order valence-electron chi connectivity index (χ3n) is 2.27. The fraction of sp³-hybridized carbons (Fsp3) is 0.417. The molecule has 1 N–H and O–H groups in total. The Morgan fingerprint density at radius 1 is 1.39 bits per heavy atom. The van der Waals surface area contributed by atoms with Crippen molar-refractivity contribution < 1.29 is 4.74 Å². The number of nitrogens with one attached hydrogen (secondary N) is 1. The molecule has 0 aliphatic carbocycles. The number of nitrogens with zero attached hydrogens (tertiary/aromatic N) is 4. The number of ether oxygens (including phenoxy) is 1. The summed E-state index contributed by atoms with van der Waals surface area (Å²) in [7, 11) is 1.80. The molecule has 0 atom stereocenters. The van der Waals surface area contributed by atoms with Crippen LogP contribution in [-0.4, -0.2) is 25.8 Å². The van der Waals surface area contributed by atoms with Gasteiger partial charge in [0.15, 0.2) is 0 Å². The average Bonchev–Trinajstić information content (AvgIpc) is 2.73. The molecule has 0 saturated heterocycles. The van der Waals surface area contributed by atoms with Crippen molar-refractivity contribution in [2.75, 3.05) is 0 Å². The van der Waals surface area contributed by atoms with Crippen LogP contribution >= 0.6 is 0 Å². The lowest BCUT2D eigenvalue weighted by atomic mass is 10.3. The van der Waals surface area contributed by atoms with Crippen molar-refractivity contribution >= 4 is 0 Å². The Labute approximate surface area is 106 Å². The Bertz CT molecular complexity index is 509. The van der Waals surface area contributed by atoms with Crippen molar-refractivity contribution in [1.29, 1.82) is 0 Å². The van der Waals surface area contributed by atoms with E-state index in [2.05, 4.69) is 34.2 Å². The molecule has 6 heteroatoms. The normalized spacial score (nSPS) is 10.9. The lowest BCUT2D eigenvalue weighted by molar-refractivity contribution is 0.437. The summed E-state index contributed by atoms with van der Waals surface area (Å²) in [4.78, 5) is 8.28. The third-order valence-corrected chi connectivity index (χ3v) is 2.27. The SMILES string of the molecule is CC(C)NCc1cc(Oc2ncn(C)n2)ccn1. The number of pyridine rings is 1. The number of aromatic nitrogens is 4. The smallest absolute Gasteiger partial charge is 0.340 e. The first kappa shape index (κ1) is 12.5. The maximum absolute atomic E-state index is 5.54. The van der Waals surface area contributed by atoms with Crippen molar-refractivity contribution in [2.24, 2.45) is 7.05 Å². The molecule has 0 amide bonds. The number of hydrogen-bond donors (Lipinski definition) is 1. The predicted octanol–water partition coefficient (Wildman–Crippen LogP) is 1.50. The van der Waals surface area contributed by atoms with Gasteiger partial charge in [-0.15, -0.1) is 5.10 Å². The minimum Gasteiger partial charge on any atom is -0.423 e. The molecule has 2 rings (SSSR count). The van der Waals surface area contributed by atoms with E-state index in [1.165, 1.54) is 0 Å². The largest absolute Gasteiger partial charge is 0.423 e. The summed E-state index contributed by atoms with van der Waals surface area (Å²) in [6.45, 7) is 4.90. The Hall–Kier alpha value is -1.95. The van der Waals surface area contributed by atoms with Crippen molar-refractivity contribution in [3.63, 3.8) is 0 Å². The van der Waals surface area contributed by atoms with Crippen LogP contribution in [0.5, 0.6) is 11.8 Å². The second-order valence-electron chi connectivity index (χ2n) is 4.32. The Balaban J connectivity index is 2.02. The Kier molecular flexibility index (Phi) is 3.88. The highest BCUT2D eigenvalue weighted by atomic mass is 16.5. The highest BCUT2D eigenvalue weighted by Gasteiger charge is 2.04. The molecule has 6 nitrogen and oxygen atoms in total. The molecule has 0 aromatic carbocycles. The molecule has 0 radical (unpaired) electrons. The second kappa shape index (κ2) is 5.59. The van der Waals surface area contributed by atoms with Crippen molar-refractivity contribution in [1.82, 2.24) is 25.1 Å². The van der Waals surface area contributed by atoms with E-state index in [0.29, 0.717) is 24.3 Å². The van der Waals surface area contributed by atoms with Crippen LogP contribution in [0.15, 0.2) is 24.7 Å². The maximum Gasteiger partial charge on any atom is 0.340 e. The standard InChI is InChI=1S/C12H17N5O/c1-9(2)14-7-10-6-11(4-5-13-10)18-12-15-8-17(3)16-12/h4-6,8-9,14H,7H2,1-3H3. The first-order valence-electron chi connectivity index (χ1n) is 5.85. The summed E-state index contributed by atoms with van der Waals surface area (Å²) in [6, 6.07) is 4.43. The fourth-order valence-corrected chi connectivity index (χ4v) is 1.40. The van der Waals surface area contributed by atoms with Gasteiger partial charge in [-0.1, -0.05) is 13.8 Å². The van der Waals surface area contributed by atoms with E-state index in [0.717, 1.165) is 5.69 Å². The Morgan fingerprint density at radius 2 is 2.22 bits per heavy atom. The zero-order valence-corrected chi connectivity index (χ0v) is 10.8. The van der Waals surface area contributed by atoms with Crippen molar-refractivity contribution in [3.05, 3.63) is 30.4 Å². The zero-order valence-electron chi connectivity index (χ0n) is 10.8. The summed E-state index contributed by atoms with van der Waals surface area (Å²) < 4.78 is 7.13. The highest BCUT2D eigenvalue weighted by Crippen LogP contribution is 2.17. The first-order valence-corrected chi connectivity index (χ1v) is 5.85. The molecular weight excluding hydrogens is 230 g/mol. The molecule has 2 aromatic rings. The van der Waals surface area contributed by atoms with Crippen molar-refractivity contribution in [3.8, 4) is 11.8 Å². The quantitative estimate of drug-likeness (QED) is 0.867. The van der Waals surface area contributed by atoms with Crippen LogP contribution in [0.25, 0.3) is 0 Å². The van der Waals surface area contributed by atoms with Crippen LogP contribution in [0.4, 0.5) is 0 Å². The van der Waals surface area contributed by atoms with Crippen LogP contribution in [0, 0.1) is 0 Å². The van der Waals surface area contributed by atoms with Gasteiger partial charge in [-0.25, -0.2) is 0 Å². The maximum atomic E-state index is 5.54. The molecule has 2 heterocycles. The molecule has 0 aliphatic heterocycles. The van der Waals surface area contributed by atoms with E-state index in [1.807, 2.05) is 6.07 Å². The third kappa shape index (κ3) is 3.53. The summed E-state index contributed by atoms with van der Waals surface area (Å²) in [5, 5.41) is 7.36. The zero-order chi connectivity index (χ0) is 13.0. The summed E-state index contributed by atoms with van der Waals surface area (Å²) in [5.41, 5.74) is 0.928. The molecular formula is C12H17N5O. The van der Waals surface area contributed by atoms with Gasteiger partial charge in [-0.05, 0) is 6.07 Å². The van der Waals surface area contributed by atoms with E-state index < -0.39 is 0 Å². The predicted molar refractivity (Wildman–Crippen MR) is 67.3 cm³/mol. The van der Waals surface area contributed by atoms with Gasteiger partial charge in [-0.3, -0.25) is 9.67 Å². The van der Waals surface area contributed by atoms with Crippen molar-refractivity contribution in [2.45, 2.75) is 26.4 Å². The van der Waals surface area contributed by atoms with Gasteiger partial charge >= 0.3 is 6.01 Å². The molecule has 0 unspecified atom stereocenters. The fourth-order valence-electron chi connectivity index (χ4n) is 1.40. The van der Waals surface area contributed by atoms with Crippen LogP contribution in [0.1, 0.15) is 19.5 Å². The van der Waals surface area contributed by atoms with E-state index in [4.69, 9.17) is 4.74 Å². The molecule has 18 heavy (non-hydrogen) atoms. The van der Waals surface area contributed by atoms with Crippen LogP contribution in [-0.2, 0) is 13.6 Å². The number of aryl methyl sites for hydroxylation is 1. The lowest BCUT2D eigenvalue weighted by Gasteiger charge is -2.08. The minimum absolute atomic E-state index is 0.339. The van der Waals surface area contributed by atoms with Crippen LogP contribution in [0.3, 0.4) is 0 Å². The van der Waals surface area contributed by atoms with E-state index in [9.17, 15) is 0 Å². The van der Waals surface area contributed by atoms with Crippen LogP contribution < -0.4 is 10.1 Å². The molecule has 0 spiro atoms. The van der Waals surface area contributed by atoms with Gasteiger partial charge in [0.25, 0.3) is 0 Å². The van der Waals surface area contributed by atoms with E-state index in [1.54, 1.807) is 30.3 Å². The number of hydrogen-bond acceptors (Lipinski definition) is 5.